The van der Waals surface area contributed by atoms with Gasteiger partial charge in [0, 0.05) is 5.69 Å². The Bertz CT molecular complexity index is 263. The predicted octanol–water partition coefficient (Wildman–Crippen LogP) is 1.54. The molecule has 1 aromatic rings. The molecule has 0 saturated heterocycles. The molecule has 1 N–H and O–H groups in total. The number of aryl methyl sites for hydroxylation is 2. The van der Waals surface area contributed by atoms with Crippen LogP contribution in [0.3, 0.4) is 0 Å². The molecule has 0 aliphatic rings. The Balaban J connectivity index is 0.000000354. The maximum atomic E-state index is 12.4. The average Bonchev–Trinajstić information content (AvgIpc) is 1.99. The fourth-order valence-corrected chi connectivity index (χ4v) is 0.670. The fourth-order valence-electron chi connectivity index (χ4n) is 0.670. The molecule has 0 bridgehead atoms. The van der Waals surface area contributed by atoms with Crippen LogP contribution < -0.4 is 0 Å². The van der Waals surface area contributed by atoms with E-state index in [9.17, 15) is 4.39 Å². The molecular formula is C8H10FNO2. The van der Waals surface area contributed by atoms with Crippen LogP contribution in [0.2, 0.25) is 0 Å². The van der Waals surface area contributed by atoms with Gasteiger partial charge in [-0.15, -0.1) is 0 Å². The minimum absolute atomic E-state index is 0.236. The van der Waals surface area contributed by atoms with Gasteiger partial charge in [0.05, 0.1) is 5.69 Å². The first-order chi connectivity index (χ1) is 5.61. The Hall–Kier alpha value is -1.45. The lowest BCUT2D eigenvalue weighted by Crippen LogP contribution is -1.88. The molecule has 0 saturated carbocycles. The number of rotatable bonds is 0. The summed E-state index contributed by atoms with van der Waals surface area (Å²) in [5.41, 5.74) is 1.32. The molecule has 1 aromatic heterocycles. The summed E-state index contributed by atoms with van der Waals surface area (Å²) >= 11 is 0. The first-order valence-corrected chi connectivity index (χ1v) is 3.29. The molecule has 0 aliphatic heterocycles. The molecule has 1 heterocycles. The highest BCUT2D eigenvalue weighted by Gasteiger charge is 1.94. The van der Waals surface area contributed by atoms with Crippen LogP contribution in [-0.2, 0) is 4.79 Å². The molecule has 4 heteroatoms. The lowest BCUT2D eigenvalue weighted by molar-refractivity contribution is -0.122. The fraction of sp³-hybridized carbons (Fsp3) is 0.250. The van der Waals surface area contributed by atoms with Crippen molar-refractivity contribution in [3.63, 3.8) is 0 Å². The number of carbonyl (C=O) groups is 1. The lowest BCUT2D eigenvalue weighted by atomic mass is 10.3. The van der Waals surface area contributed by atoms with Crippen molar-refractivity contribution in [2.24, 2.45) is 0 Å². The summed E-state index contributed by atoms with van der Waals surface area (Å²) < 4.78 is 12.4. The summed E-state index contributed by atoms with van der Waals surface area (Å²) in [6, 6.07) is 3.08. The van der Waals surface area contributed by atoms with Gasteiger partial charge in [-0.1, -0.05) is 0 Å². The third-order valence-corrected chi connectivity index (χ3v) is 1.16. The SMILES string of the molecule is Cc1ccc(F)c(C)n1.O=CO. The molecular weight excluding hydrogens is 161 g/mol. The van der Waals surface area contributed by atoms with Crippen molar-refractivity contribution in [2.45, 2.75) is 13.8 Å². The summed E-state index contributed by atoms with van der Waals surface area (Å²) in [6.07, 6.45) is 0. The largest absolute Gasteiger partial charge is 0.483 e. The molecule has 0 amide bonds. The van der Waals surface area contributed by atoms with Crippen molar-refractivity contribution in [1.82, 2.24) is 4.98 Å². The first-order valence-electron chi connectivity index (χ1n) is 3.29. The molecule has 0 unspecified atom stereocenters. The summed E-state index contributed by atoms with van der Waals surface area (Å²) in [6.45, 7) is 3.24. The van der Waals surface area contributed by atoms with Gasteiger partial charge in [-0.25, -0.2) is 4.39 Å². The molecule has 1 rings (SSSR count). The number of halogens is 1. The molecule has 0 aromatic carbocycles. The standard InChI is InChI=1S/C7H8FN.CH2O2/c1-5-3-4-7(8)6(2)9-5;2-1-3/h3-4H,1-2H3;1H,(H,2,3). The van der Waals surface area contributed by atoms with Crippen LogP contribution in [0, 0.1) is 19.7 Å². The molecule has 3 nitrogen and oxygen atoms in total. The highest BCUT2D eigenvalue weighted by molar-refractivity contribution is 5.32. The molecule has 0 spiro atoms. The van der Waals surface area contributed by atoms with Crippen molar-refractivity contribution in [2.75, 3.05) is 0 Å². The highest BCUT2D eigenvalue weighted by atomic mass is 19.1. The van der Waals surface area contributed by atoms with Gasteiger partial charge in [0.25, 0.3) is 6.47 Å². The van der Waals surface area contributed by atoms with Crippen LogP contribution in [-0.4, -0.2) is 16.6 Å². The second-order valence-corrected chi connectivity index (χ2v) is 2.13. The maximum Gasteiger partial charge on any atom is 0.290 e. The van der Waals surface area contributed by atoms with E-state index in [1.807, 2.05) is 6.92 Å². The summed E-state index contributed by atoms with van der Waals surface area (Å²) in [4.78, 5) is 12.3. The van der Waals surface area contributed by atoms with Crippen molar-refractivity contribution in [3.05, 3.63) is 29.3 Å². The van der Waals surface area contributed by atoms with Crippen LogP contribution >= 0.6 is 0 Å². The Labute approximate surface area is 69.9 Å². The van der Waals surface area contributed by atoms with Crippen LogP contribution in [0.4, 0.5) is 4.39 Å². The minimum Gasteiger partial charge on any atom is -0.483 e. The Morgan fingerprint density at radius 2 is 2.00 bits per heavy atom. The zero-order chi connectivity index (χ0) is 9.56. The second kappa shape index (κ2) is 5.23. The topological polar surface area (TPSA) is 50.2 Å². The zero-order valence-electron chi connectivity index (χ0n) is 6.91. The van der Waals surface area contributed by atoms with Gasteiger partial charge in [0.15, 0.2) is 0 Å². The van der Waals surface area contributed by atoms with Crippen molar-refractivity contribution in [3.8, 4) is 0 Å². The Kier molecular flexibility index (Phi) is 4.60. The third-order valence-electron chi connectivity index (χ3n) is 1.16. The van der Waals surface area contributed by atoms with Crippen molar-refractivity contribution < 1.29 is 14.3 Å². The number of aromatic nitrogens is 1. The highest BCUT2D eigenvalue weighted by Crippen LogP contribution is 2.02. The summed E-state index contributed by atoms with van der Waals surface area (Å²) in [5, 5.41) is 6.89. The Morgan fingerprint density at radius 1 is 1.50 bits per heavy atom. The van der Waals surface area contributed by atoms with E-state index in [4.69, 9.17) is 9.90 Å². The number of carboxylic acid groups (broad SMARTS) is 1. The molecule has 0 atom stereocenters. The quantitative estimate of drug-likeness (QED) is 0.602. The van der Waals surface area contributed by atoms with E-state index in [0.717, 1.165) is 5.69 Å². The van der Waals surface area contributed by atoms with Gasteiger partial charge in [-0.3, -0.25) is 9.78 Å². The normalized spacial score (nSPS) is 8.25. The van der Waals surface area contributed by atoms with E-state index < -0.39 is 0 Å². The maximum absolute atomic E-state index is 12.4. The monoisotopic (exact) mass is 171 g/mol. The zero-order valence-corrected chi connectivity index (χ0v) is 6.91. The van der Waals surface area contributed by atoms with E-state index in [1.165, 1.54) is 6.07 Å². The number of pyridine rings is 1. The number of nitrogens with zero attached hydrogens (tertiary/aromatic N) is 1. The van der Waals surface area contributed by atoms with Crippen LogP contribution in [0.15, 0.2) is 12.1 Å². The average molecular weight is 171 g/mol. The number of hydrogen-bond acceptors (Lipinski definition) is 2. The van der Waals surface area contributed by atoms with Crippen molar-refractivity contribution >= 4 is 6.47 Å². The second-order valence-electron chi connectivity index (χ2n) is 2.13. The van der Waals surface area contributed by atoms with Gasteiger partial charge in [-0.2, -0.15) is 0 Å². The van der Waals surface area contributed by atoms with E-state index in [2.05, 4.69) is 4.98 Å². The smallest absolute Gasteiger partial charge is 0.290 e. The predicted molar refractivity (Wildman–Crippen MR) is 42.4 cm³/mol. The molecule has 0 aliphatic carbocycles. The van der Waals surface area contributed by atoms with Crippen LogP contribution in [0.1, 0.15) is 11.4 Å². The minimum atomic E-state index is -0.250. The molecule has 0 fully saturated rings. The van der Waals surface area contributed by atoms with Gasteiger partial charge >= 0.3 is 0 Å². The van der Waals surface area contributed by atoms with Crippen LogP contribution in [0.25, 0.3) is 0 Å². The van der Waals surface area contributed by atoms with E-state index in [-0.39, 0.29) is 12.3 Å². The molecule has 66 valence electrons. The van der Waals surface area contributed by atoms with E-state index in [0.29, 0.717) is 5.69 Å². The molecule has 0 radical (unpaired) electrons. The lowest BCUT2D eigenvalue weighted by Gasteiger charge is -1.94. The third kappa shape index (κ3) is 3.65. The van der Waals surface area contributed by atoms with Crippen LogP contribution in [0.5, 0.6) is 0 Å². The number of hydrogen-bond donors (Lipinski definition) is 1. The summed E-state index contributed by atoms with van der Waals surface area (Å²) in [5.74, 6) is -0.236. The van der Waals surface area contributed by atoms with Gasteiger partial charge in [0.1, 0.15) is 5.82 Å². The van der Waals surface area contributed by atoms with E-state index in [1.54, 1.807) is 13.0 Å². The Morgan fingerprint density at radius 3 is 2.33 bits per heavy atom. The van der Waals surface area contributed by atoms with Crippen molar-refractivity contribution in [1.29, 1.82) is 0 Å². The van der Waals surface area contributed by atoms with Gasteiger partial charge in [0.2, 0.25) is 0 Å². The molecule has 12 heavy (non-hydrogen) atoms. The van der Waals surface area contributed by atoms with Gasteiger partial charge < -0.3 is 5.11 Å². The van der Waals surface area contributed by atoms with E-state index >= 15 is 0 Å². The van der Waals surface area contributed by atoms with Gasteiger partial charge in [-0.05, 0) is 26.0 Å². The first kappa shape index (κ1) is 10.6. The summed E-state index contributed by atoms with van der Waals surface area (Å²) in [7, 11) is 0.